The van der Waals surface area contributed by atoms with Crippen molar-refractivity contribution in [1.82, 2.24) is 0 Å². The second kappa shape index (κ2) is 5.69. The molecule has 2 aromatic carbocycles. The summed E-state index contributed by atoms with van der Waals surface area (Å²) in [5, 5.41) is 0. The highest BCUT2D eigenvalue weighted by Gasteiger charge is 2.06. The monoisotopic (exact) mass is 241 g/mol. The molecule has 2 atom stereocenters. The molecular formula is C16H19NO. The highest BCUT2D eigenvalue weighted by atomic mass is 16.5. The van der Waals surface area contributed by atoms with Gasteiger partial charge in [0.15, 0.2) is 0 Å². The van der Waals surface area contributed by atoms with Gasteiger partial charge in [-0.15, -0.1) is 0 Å². The van der Waals surface area contributed by atoms with Crippen molar-refractivity contribution in [3.05, 3.63) is 65.7 Å². The van der Waals surface area contributed by atoms with E-state index in [1.54, 1.807) is 0 Å². The Morgan fingerprint density at radius 1 is 0.833 bits per heavy atom. The van der Waals surface area contributed by atoms with E-state index in [2.05, 4.69) is 19.1 Å². The van der Waals surface area contributed by atoms with Crippen LogP contribution in [0.25, 0.3) is 0 Å². The van der Waals surface area contributed by atoms with Crippen molar-refractivity contribution in [2.75, 3.05) is 0 Å². The highest BCUT2D eigenvalue weighted by Crippen LogP contribution is 2.22. The molecule has 1 unspecified atom stereocenters. The van der Waals surface area contributed by atoms with Gasteiger partial charge in [0.25, 0.3) is 0 Å². The average molecular weight is 241 g/mol. The summed E-state index contributed by atoms with van der Waals surface area (Å²) in [6.45, 7) is 4.03. The first-order valence-corrected chi connectivity index (χ1v) is 6.24. The summed E-state index contributed by atoms with van der Waals surface area (Å²) in [4.78, 5) is 0. The number of hydrogen-bond acceptors (Lipinski definition) is 2. The summed E-state index contributed by atoms with van der Waals surface area (Å²) < 4.78 is 5.89. The minimum Gasteiger partial charge on any atom is -0.486 e. The van der Waals surface area contributed by atoms with Crippen molar-refractivity contribution in [2.24, 2.45) is 5.73 Å². The maximum atomic E-state index is 5.89. The fourth-order valence-corrected chi connectivity index (χ4v) is 1.85. The molecule has 2 aromatic rings. The van der Waals surface area contributed by atoms with Crippen LogP contribution in [0.4, 0.5) is 0 Å². The van der Waals surface area contributed by atoms with Crippen LogP contribution in [0.2, 0.25) is 0 Å². The molecule has 2 N–H and O–H groups in total. The van der Waals surface area contributed by atoms with Crippen molar-refractivity contribution in [3.63, 3.8) is 0 Å². The smallest absolute Gasteiger partial charge is 0.121 e. The summed E-state index contributed by atoms with van der Waals surface area (Å²) in [6.07, 6.45) is 0.0485. The first-order valence-electron chi connectivity index (χ1n) is 6.24. The fourth-order valence-electron chi connectivity index (χ4n) is 1.85. The maximum Gasteiger partial charge on any atom is 0.121 e. The summed E-state index contributed by atoms with van der Waals surface area (Å²) in [6, 6.07) is 18.2. The fraction of sp³-hybridized carbons (Fsp3) is 0.250. The minimum atomic E-state index is 0.0485. The van der Waals surface area contributed by atoms with Crippen LogP contribution in [0.15, 0.2) is 54.6 Å². The van der Waals surface area contributed by atoms with Crippen molar-refractivity contribution in [2.45, 2.75) is 26.0 Å². The van der Waals surface area contributed by atoms with E-state index in [1.165, 1.54) is 5.56 Å². The summed E-state index contributed by atoms with van der Waals surface area (Å²) >= 11 is 0. The number of benzene rings is 2. The zero-order valence-corrected chi connectivity index (χ0v) is 10.8. The van der Waals surface area contributed by atoms with E-state index < -0.39 is 0 Å². The maximum absolute atomic E-state index is 5.89. The molecule has 0 fully saturated rings. The van der Waals surface area contributed by atoms with E-state index in [-0.39, 0.29) is 12.1 Å². The molecule has 0 amide bonds. The van der Waals surface area contributed by atoms with E-state index in [9.17, 15) is 0 Å². The molecule has 0 spiro atoms. The predicted octanol–water partition coefficient (Wildman–Crippen LogP) is 3.85. The Hall–Kier alpha value is -1.80. The lowest BCUT2D eigenvalue weighted by Crippen LogP contribution is -2.05. The van der Waals surface area contributed by atoms with Crippen LogP contribution < -0.4 is 10.5 Å². The van der Waals surface area contributed by atoms with E-state index in [0.717, 1.165) is 11.3 Å². The lowest BCUT2D eigenvalue weighted by atomic mass is 10.1. The summed E-state index contributed by atoms with van der Waals surface area (Å²) in [7, 11) is 0. The molecule has 0 heterocycles. The zero-order valence-electron chi connectivity index (χ0n) is 10.8. The highest BCUT2D eigenvalue weighted by molar-refractivity contribution is 5.29. The number of rotatable bonds is 4. The van der Waals surface area contributed by atoms with Gasteiger partial charge in [-0.2, -0.15) is 0 Å². The second-order valence-corrected chi connectivity index (χ2v) is 4.53. The Morgan fingerprint density at radius 3 is 2.00 bits per heavy atom. The molecule has 18 heavy (non-hydrogen) atoms. The normalized spacial score (nSPS) is 13.9. The molecule has 0 saturated carbocycles. The second-order valence-electron chi connectivity index (χ2n) is 4.53. The van der Waals surface area contributed by atoms with Crippen molar-refractivity contribution in [1.29, 1.82) is 0 Å². The van der Waals surface area contributed by atoms with E-state index in [1.807, 2.05) is 49.4 Å². The van der Waals surface area contributed by atoms with Crippen molar-refractivity contribution >= 4 is 0 Å². The van der Waals surface area contributed by atoms with Crippen molar-refractivity contribution < 1.29 is 4.74 Å². The van der Waals surface area contributed by atoms with Crippen LogP contribution in [-0.2, 0) is 0 Å². The third-order valence-corrected chi connectivity index (χ3v) is 2.99. The van der Waals surface area contributed by atoms with Crippen LogP contribution in [0, 0.1) is 0 Å². The van der Waals surface area contributed by atoms with E-state index >= 15 is 0 Å². The molecule has 0 aromatic heterocycles. The molecule has 0 aliphatic heterocycles. The number of hydrogen-bond donors (Lipinski definition) is 1. The Balaban J connectivity index is 2.05. The SMILES string of the molecule is CC(Oc1ccc([C@@H](C)N)cc1)c1ccccc1. The van der Waals surface area contributed by atoms with Crippen LogP contribution in [0.3, 0.4) is 0 Å². The number of ether oxygens (including phenoxy) is 1. The molecule has 94 valence electrons. The largest absolute Gasteiger partial charge is 0.486 e. The van der Waals surface area contributed by atoms with Gasteiger partial charge < -0.3 is 10.5 Å². The predicted molar refractivity (Wildman–Crippen MR) is 74.5 cm³/mol. The van der Waals surface area contributed by atoms with Gasteiger partial charge in [-0.05, 0) is 37.1 Å². The Bertz CT molecular complexity index is 476. The van der Waals surface area contributed by atoms with Gasteiger partial charge in [-0.3, -0.25) is 0 Å². The summed E-state index contributed by atoms with van der Waals surface area (Å²) in [5.74, 6) is 0.871. The third-order valence-electron chi connectivity index (χ3n) is 2.99. The van der Waals surface area contributed by atoms with Gasteiger partial charge >= 0.3 is 0 Å². The molecule has 2 nitrogen and oxygen atoms in total. The first-order chi connectivity index (χ1) is 8.66. The molecular weight excluding hydrogens is 222 g/mol. The molecule has 0 radical (unpaired) electrons. The Kier molecular flexibility index (Phi) is 4.00. The van der Waals surface area contributed by atoms with Crippen molar-refractivity contribution in [3.8, 4) is 5.75 Å². The lowest BCUT2D eigenvalue weighted by molar-refractivity contribution is 0.227. The molecule has 0 aliphatic carbocycles. The van der Waals surface area contributed by atoms with Crippen LogP contribution in [0.1, 0.15) is 37.1 Å². The zero-order chi connectivity index (χ0) is 13.0. The van der Waals surface area contributed by atoms with Gasteiger partial charge in [0.2, 0.25) is 0 Å². The standard InChI is InChI=1S/C16H19NO/c1-12(17)14-8-10-16(11-9-14)18-13(2)15-6-4-3-5-7-15/h3-13H,17H2,1-2H3/t12-,13?/m1/s1. The minimum absolute atomic E-state index is 0.0485. The molecule has 0 saturated heterocycles. The molecule has 2 rings (SSSR count). The molecule has 0 aliphatic rings. The van der Waals surface area contributed by atoms with Gasteiger partial charge in [-0.25, -0.2) is 0 Å². The average Bonchev–Trinajstić information content (AvgIpc) is 2.40. The quantitative estimate of drug-likeness (QED) is 0.882. The topological polar surface area (TPSA) is 35.2 Å². The first kappa shape index (κ1) is 12.7. The third kappa shape index (κ3) is 3.11. The van der Waals surface area contributed by atoms with Crippen LogP contribution >= 0.6 is 0 Å². The Morgan fingerprint density at radius 2 is 1.44 bits per heavy atom. The Labute approximate surface area is 108 Å². The lowest BCUT2D eigenvalue weighted by Gasteiger charge is -2.15. The van der Waals surface area contributed by atoms with Gasteiger partial charge in [0, 0.05) is 6.04 Å². The van der Waals surface area contributed by atoms with Crippen LogP contribution in [-0.4, -0.2) is 0 Å². The van der Waals surface area contributed by atoms with Gasteiger partial charge in [-0.1, -0.05) is 42.5 Å². The summed E-state index contributed by atoms with van der Waals surface area (Å²) in [5.41, 5.74) is 8.11. The molecule has 0 bridgehead atoms. The van der Waals surface area contributed by atoms with Gasteiger partial charge in [0.1, 0.15) is 11.9 Å². The van der Waals surface area contributed by atoms with E-state index in [4.69, 9.17) is 10.5 Å². The molecule has 2 heteroatoms. The number of nitrogens with two attached hydrogens (primary N) is 1. The van der Waals surface area contributed by atoms with Gasteiger partial charge in [0.05, 0.1) is 0 Å². The van der Waals surface area contributed by atoms with Crippen LogP contribution in [0.5, 0.6) is 5.75 Å². The van der Waals surface area contributed by atoms with E-state index in [0.29, 0.717) is 0 Å².